The van der Waals surface area contributed by atoms with Gasteiger partial charge in [0, 0.05) is 18.1 Å². The second-order valence-electron chi connectivity index (χ2n) is 9.51. The Bertz CT molecular complexity index is 1280. The van der Waals surface area contributed by atoms with E-state index in [0.29, 0.717) is 43.5 Å². The average molecular weight is 581 g/mol. The Hall–Kier alpha value is -2.30. The molecule has 2 aromatic carbocycles. The smallest absolute Gasteiger partial charge is 0.240 e. The first-order valence-corrected chi connectivity index (χ1v) is 15.0. The molecular weight excluding hydrogens is 547 g/mol. The number of hydrogen-bond donors (Lipinski definition) is 2. The van der Waals surface area contributed by atoms with Crippen molar-refractivity contribution >= 4 is 27.3 Å². The summed E-state index contributed by atoms with van der Waals surface area (Å²) in [5.74, 6) is -0.844. The molecular formula is C27H34ClFN4O5S. The number of nitrogens with zero attached hydrogens (tertiary/aromatic N) is 2. The fourth-order valence-electron chi connectivity index (χ4n) is 5.07. The van der Waals surface area contributed by atoms with Gasteiger partial charge in [0.05, 0.1) is 43.9 Å². The molecule has 1 heterocycles. The maximum absolute atomic E-state index is 15.2. The van der Waals surface area contributed by atoms with Crippen molar-refractivity contribution in [2.75, 3.05) is 52.6 Å². The molecule has 0 unspecified atom stereocenters. The third kappa shape index (κ3) is 7.46. The zero-order valence-corrected chi connectivity index (χ0v) is 23.3. The molecule has 2 atom stereocenters. The summed E-state index contributed by atoms with van der Waals surface area (Å²) in [6.07, 6.45) is 3.36. The molecule has 4 rings (SSSR count). The number of nitrogens with two attached hydrogens (primary N) is 1. The summed E-state index contributed by atoms with van der Waals surface area (Å²) in [6.45, 7) is 11.1. The molecule has 1 aliphatic heterocycles. The van der Waals surface area contributed by atoms with E-state index in [0.717, 1.165) is 49.5 Å². The normalized spacial score (nSPS) is 19.5. The first-order valence-electron chi connectivity index (χ1n) is 13.1. The number of halogens is 2. The van der Waals surface area contributed by atoms with Gasteiger partial charge < -0.3 is 19.9 Å². The highest BCUT2D eigenvalue weighted by Crippen LogP contribution is 2.44. The van der Waals surface area contributed by atoms with Crippen molar-refractivity contribution in [3.8, 4) is 5.75 Å². The molecule has 1 fully saturated rings. The average Bonchev–Trinajstić information content (AvgIpc) is 3.29. The van der Waals surface area contributed by atoms with E-state index < -0.39 is 21.9 Å². The maximum Gasteiger partial charge on any atom is 0.240 e. The molecule has 0 spiro atoms. The van der Waals surface area contributed by atoms with Crippen LogP contribution >= 0.6 is 11.6 Å². The van der Waals surface area contributed by atoms with E-state index in [-0.39, 0.29) is 29.8 Å². The number of sulfonamides is 1. The summed E-state index contributed by atoms with van der Waals surface area (Å²) in [5.41, 5.74) is 7.45. The van der Waals surface area contributed by atoms with Crippen molar-refractivity contribution in [1.29, 1.82) is 0 Å². The second kappa shape index (κ2) is 13.9. The summed E-state index contributed by atoms with van der Waals surface area (Å²) >= 11 is 6.32. The summed E-state index contributed by atoms with van der Waals surface area (Å²) in [5, 5.41) is 0.424. The van der Waals surface area contributed by atoms with Gasteiger partial charge in [-0.3, -0.25) is 4.90 Å². The highest BCUT2D eigenvalue weighted by Gasteiger charge is 2.40. The van der Waals surface area contributed by atoms with Crippen molar-refractivity contribution in [3.63, 3.8) is 0 Å². The van der Waals surface area contributed by atoms with Crippen LogP contribution in [0.2, 0.25) is 5.02 Å². The molecule has 0 amide bonds. The molecule has 212 valence electrons. The van der Waals surface area contributed by atoms with Gasteiger partial charge in [-0.05, 0) is 73.8 Å². The van der Waals surface area contributed by atoms with Crippen molar-refractivity contribution in [1.82, 2.24) is 9.62 Å². The molecule has 0 aromatic heterocycles. The lowest BCUT2D eigenvalue weighted by atomic mass is 10.0. The molecule has 39 heavy (non-hydrogen) atoms. The number of fused-ring (bicyclic) bond motifs is 1. The van der Waals surface area contributed by atoms with Crippen molar-refractivity contribution in [2.24, 2.45) is 5.73 Å². The van der Waals surface area contributed by atoms with Crippen molar-refractivity contribution in [3.05, 3.63) is 63.7 Å². The van der Waals surface area contributed by atoms with E-state index in [1.54, 1.807) is 12.1 Å². The molecule has 0 saturated carbocycles. The third-order valence-electron chi connectivity index (χ3n) is 6.92. The van der Waals surface area contributed by atoms with E-state index in [1.807, 2.05) is 0 Å². The first kappa shape index (κ1) is 29.7. The van der Waals surface area contributed by atoms with Crippen molar-refractivity contribution < 1.29 is 27.0 Å². The number of hydrogen-bond acceptors (Lipinski definition) is 7. The number of likely N-dealkylation sites (tertiary alicyclic amines) is 1. The van der Waals surface area contributed by atoms with Gasteiger partial charge in [-0.1, -0.05) is 18.0 Å². The van der Waals surface area contributed by atoms with Gasteiger partial charge in [-0.25, -0.2) is 22.4 Å². The first-order chi connectivity index (χ1) is 18.8. The zero-order chi connectivity index (χ0) is 27.8. The van der Waals surface area contributed by atoms with Crippen LogP contribution in [0, 0.1) is 12.4 Å². The van der Waals surface area contributed by atoms with Crippen LogP contribution in [0.5, 0.6) is 5.75 Å². The fraction of sp³-hybridized carbons (Fsp3) is 0.519. The Morgan fingerprint density at radius 2 is 1.85 bits per heavy atom. The van der Waals surface area contributed by atoms with Crippen LogP contribution in [0.15, 0.2) is 35.2 Å². The molecule has 0 radical (unpaired) electrons. The molecule has 12 heteroatoms. The van der Waals surface area contributed by atoms with E-state index in [4.69, 9.17) is 38.1 Å². The minimum Gasteiger partial charge on any atom is -0.481 e. The SMILES string of the molecule is [C-]#[N+]c1cc(Cl)cc2c1C[C@H](N1CCCCC1)[C@H]2Oc1ccc(S(=O)(=O)NCCOCCOCCN)cc1F. The Morgan fingerprint density at radius 3 is 2.54 bits per heavy atom. The predicted molar refractivity (Wildman–Crippen MR) is 146 cm³/mol. The number of nitrogens with one attached hydrogen (secondary N) is 1. The lowest BCUT2D eigenvalue weighted by Crippen LogP contribution is -2.43. The van der Waals surface area contributed by atoms with E-state index >= 15 is 4.39 Å². The van der Waals surface area contributed by atoms with E-state index in [9.17, 15) is 8.42 Å². The standard InChI is InChI=1S/C27H34ClFN4O5S/c1-31-24-16-19(28)15-22-21(24)18-25(33-9-3-2-4-10-33)27(22)38-26-6-5-20(17-23(26)29)39(34,35)32-8-12-37-14-13-36-11-7-30/h5-6,15-17,25,27,32H,2-4,7-14,18,30H2/t25-,27-/m0/s1. The van der Waals surface area contributed by atoms with Crippen LogP contribution in [-0.2, 0) is 25.9 Å². The van der Waals surface area contributed by atoms with E-state index in [1.165, 1.54) is 12.1 Å². The molecule has 1 saturated heterocycles. The molecule has 2 aliphatic rings. The fourth-order valence-corrected chi connectivity index (χ4v) is 6.32. The Morgan fingerprint density at radius 1 is 1.10 bits per heavy atom. The molecule has 1 aliphatic carbocycles. The second-order valence-corrected chi connectivity index (χ2v) is 11.7. The Kier molecular flexibility index (Phi) is 10.5. The van der Waals surface area contributed by atoms with Crippen LogP contribution < -0.4 is 15.2 Å². The third-order valence-corrected chi connectivity index (χ3v) is 8.59. The van der Waals surface area contributed by atoms with E-state index in [2.05, 4.69) is 14.5 Å². The van der Waals surface area contributed by atoms with Crippen LogP contribution in [0.3, 0.4) is 0 Å². The summed E-state index contributed by atoms with van der Waals surface area (Å²) < 4.78 is 59.8. The number of benzene rings is 2. The van der Waals surface area contributed by atoms with Crippen LogP contribution in [0.1, 0.15) is 36.5 Å². The van der Waals surface area contributed by atoms with Crippen LogP contribution in [0.4, 0.5) is 10.1 Å². The highest BCUT2D eigenvalue weighted by molar-refractivity contribution is 7.89. The van der Waals surface area contributed by atoms with Gasteiger partial charge >= 0.3 is 0 Å². The number of rotatable bonds is 13. The number of ether oxygens (including phenoxy) is 3. The van der Waals surface area contributed by atoms with Gasteiger partial charge in [0.25, 0.3) is 0 Å². The molecule has 2 aromatic rings. The molecule has 3 N–H and O–H groups in total. The monoisotopic (exact) mass is 580 g/mol. The van der Waals surface area contributed by atoms with Gasteiger partial charge in [0.1, 0.15) is 6.10 Å². The summed E-state index contributed by atoms with van der Waals surface area (Å²) in [6, 6.07) is 6.96. The predicted octanol–water partition coefficient (Wildman–Crippen LogP) is 3.83. The summed E-state index contributed by atoms with van der Waals surface area (Å²) in [7, 11) is -3.95. The topological polar surface area (TPSA) is 107 Å². The van der Waals surface area contributed by atoms with Crippen molar-refractivity contribution in [2.45, 2.75) is 42.7 Å². The molecule has 0 bridgehead atoms. The Balaban J connectivity index is 1.46. The van der Waals surface area contributed by atoms with Crippen LogP contribution in [-0.4, -0.2) is 72.0 Å². The Labute approximate surface area is 234 Å². The quantitative estimate of drug-likeness (QED) is 0.274. The van der Waals surface area contributed by atoms with Gasteiger partial charge in [-0.2, -0.15) is 0 Å². The largest absolute Gasteiger partial charge is 0.481 e. The highest BCUT2D eigenvalue weighted by atomic mass is 35.5. The van der Waals surface area contributed by atoms with Gasteiger partial charge in [0.2, 0.25) is 10.0 Å². The van der Waals surface area contributed by atoms with Gasteiger partial charge in [0.15, 0.2) is 17.3 Å². The minimum absolute atomic E-state index is 0.0274. The lowest BCUT2D eigenvalue weighted by Gasteiger charge is -2.36. The summed E-state index contributed by atoms with van der Waals surface area (Å²) in [4.78, 5) is 5.78. The molecule has 9 nitrogen and oxygen atoms in total. The van der Waals surface area contributed by atoms with Gasteiger partial charge in [-0.15, -0.1) is 0 Å². The zero-order valence-electron chi connectivity index (χ0n) is 21.7. The van der Waals surface area contributed by atoms with Crippen LogP contribution in [0.25, 0.3) is 4.85 Å². The maximum atomic E-state index is 15.2. The lowest BCUT2D eigenvalue weighted by molar-refractivity contribution is 0.0530. The minimum atomic E-state index is -3.95. The number of piperidine rings is 1.